The second kappa shape index (κ2) is 9.00. The summed E-state index contributed by atoms with van der Waals surface area (Å²) in [5, 5.41) is 0.678. The molecule has 174 valence electrons. The number of hydrogen-bond acceptors (Lipinski definition) is 4. The van der Waals surface area contributed by atoms with Crippen LogP contribution in [0.25, 0.3) is 11.2 Å². The van der Waals surface area contributed by atoms with Crippen LogP contribution < -0.4 is 11.2 Å². The van der Waals surface area contributed by atoms with E-state index in [0.717, 1.165) is 11.4 Å². The number of imidazole rings is 1. The van der Waals surface area contributed by atoms with Gasteiger partial charge < -0.3 is 8.99 Å². The minimum Gasteiger partial charge on any atom is -0.415 e. The van der Waals surface area contributed by atoms with Crippen LogP contribution in [-0.2, 0) is 31.0 Å². The summed E-state index contributed by atoms with van der Waals surface area (Å²) in [4.78, 5) is 31.4. The zero-order valence-electron chi connectivity index (χ0n) is 20.0. The Kier molecular flexibility index (Phi) is 6.88. The van der Waals surface area contributed by atoms with E-state index in [4.69, 9.17) is 16.0 Å². The maximum Gasteiger partial charge on any atom is 0.333 e. The Morgan fingerprint density at radius 1 is 1.09 bits per heavy atom. The molecular weight excluding hydrogens is 444 g/mol. The summed E-state index contributed by atoms with van der Waals surface area (Å²) < 4.78 is 11.0. The summed E-state index contributed by atoms with van der Waals surface area (Å²) in [5.74, 6) is 0.764. The monoisotopic (exact) mass is 476 g/mol. The molecule has 9 heteroatoms. The van der Waals surface area contributed by atoms with Gasteiger partial charge in [-0.05, 0) is 35.8 Å². The molecule has 7 nitrogen and oxygen atoms in total. The van der Waals surface area contributed by atoms with Gasteiger partial charge in [0.15, 0.2) is 19.5 Å². The fourth-order valence-corrected chi connectivity index (χ4v) is 4.61. The fraction of sp³-hybridized carbons (Fsp3) is 0.522. The Hall–Kier alpha value is -2.16. The molecule has 0 saturated heterocycles. The first-order chi connectivity index (χ1) is 14.9. The zero-order valence-corrected chi connectivity index (χ0v) is 21.8. The molecule has 0 saturated carbocycles. The molecule has 0 aliphatic heterocycles. The molecule has 3 rings (SSSR count). The van der Waals surface area contributed by atoms with E-state index in [2.05, 4.69) is 38.8 Å². The minimum atomic E-state index is -1.97. The van der Waals surface area contributed by atoms with E-state index in [1.807, 2.05) is 26.1 Å². The highest BCUT2D eigenvalue weighted by atomic mass is 35.5. The number of nitrogens with zero attached hydrogens (tertiary/aromatic N) is 4. The number of halogens is 1. The highest BCUT2D eigenvalue weighted by molar-refractivity contribution is 6.74. The van der Waals surface area contributed by atoms with Crippen LogP contribution in [-0.4, -0.2) is 33.6 Å². The van der Waals surface area contributed by atoms with Gasteiger partial charge in [-0.25, -0.2) is 9.78 Å². The van der Waals surface area contributed by atoms with Gasteiger partial charge in [-0.15, -0.1) is 0 Å². The minimum absolute atomic E-state index is 0.0705. The maximum atomic E-state index is 13.4. The smallest absolute Gasteiger partial charge is 0.333 e. The lowest BCUT2D eigenvalue weighted by Crippen LogP contribution is -2.44. The molecule has 0 fully saturated rings. The van der Waals surface area contributed by atoms with E-state index in [9.17, 15) is 9.59 Å². The largest absolute Gasteiger partial charge is 0.415 e. The second-order valence-corrected chi connectivity index (χ2v) is 14.9. The molecule has 0 amide bonds. The lowest BCUT2D eigenvalue weighted by Gasteiger charge is -2.36. The first-order valence-electron chi connectivity index (χ1n) is 10.9. The average Bonchev–Trinajstić information content (AvgIpc) is 3.04. The molecule has 0 spiro atoms. The van der Waals surface area contributed by atoms with Crippen molar-refractivity contribution in [3.05, 3.63) is 61.5 Å². The van der Waals surface area contributed by atoms with Crippen LogP contribution in [0, 0.1) is 0 Å². The standard InChI is InChI=1S/C23H33ClN4O3Si/c1-8-18-25-20-19(26(18)5)21(29)28(15-16-9-11-17(24)12-10-16)22(30)27(20)13-14-31-32(6,7)23(2,3)4/h9-12H,8,13-15H2,1-7H3. The molecule has 0 aliphatic rings. The molecule has 0 N–H and O–H groups in total. The number of rotatable bonds is 7. The van der Waals surface area contributed by atoms with Gasteiger partial charge in [0.2, 0.25) is 0 Å². The van der Waals surface area contributed by atoms with Crippen molar-refractivity contribution in [1.82, 2.24) is 18.7 Å². The number of aryl methyl sites for hydroxylation is 2. The van der Waals surface area contributed by atoms with Gasteiger partial charge in [-0.3, -0.25) is 13.9 Å². The summed E-state index contributed by atoms with van der Waals surface area (Å²) in [7, 11) is -0.147. The van der Waals surface area contributed by atoms with E-state index < -0.39 is 8.32 Å². The van der Waals surface area contributed by atoms with Crippen LogP contribution in [0.4, 0.5) is 0 Å². The third kappa shape index (κ3) is 4.63. The van der Waals surface area contributed by atoms with Gasteiger partial charge in [-0.2, -0.15) is 0 Å². The first kappa shape index (κ1) is 24.5. The lowest BCUT2D eigenvalue weighted by molar-refractivity contribution is 0.270. The Bertz CT molecular complexity index is 1230. The van der Waals surface area contributed by atoms with Crippen LogP contribution in [0.2, 0.25) is 23.2 Å². The molecule has 2 heterocycles. The molecule has 2 aromatic heterocycles. The normalized spacial score (nSPS) is 12.6. The number of benzene rings is 1. The summed E-state index contributed by atoms with van der Waals surface area (Å²) in [5.41, 5.74) is 0.969. The Morgan fingerprint density at radius 2 is 1.72 bits per heavy atom. The van der Waals surface area contributed by atoms with Gasteiger partial charge in [0.1, 0.15) is 5.82 Å². The van der Waals surface area contributed by atoms with Crippen LogP contribution in [0.3, 0.4) is 0 Å². The van der Waals surface area contributed by atoms with Gasteiger partial charge in [0, 0.05) is 18.5 Å². The maximum absolute atomic E-state index is 13.4. The number of fused-ring (bicyclic) bond motifs is 1. The van der Waals surface area contributed by atoms with E-state index in [1.54, 1.807) is 21.3 Å². The van der Waals surface area contributed by atoms with Crippen LogP contribution >= 0.6 is 11.6 Å². The molecular formula is C23H33ClN4O3Si. The summed E-state index contributed by atoms with van der Waals surface area (Å²) in [6, 6.07) is 7.16. The van der Waals surface area contributed by atoms with E-state index in [-0.39, 0.29) is 22.8 Å². The average molecular weight is 477 g/mol. The Labute approximate surface area is 194 Å². The highest BCUT2D eigenvalue weighted by Gasteiger charge is 2.37. The van der Waals surface area contributed by atoms with Crippen molar-refractivity contribution in [1.29, 1.82) is 0 Å². The zero-order chi connectivity index (χ0) is 23.8. The molecule has 1 aromatic carbocycles. The fourth-order valence-electron chi connectivity index (χ4n) is 3.45. The van der Waals surface area contributed by atoms with E-state index >= 15 is 0 Å². The third-order valence-electron chi connectivity index (χ3n) is 6.49. The second-order valence-electron chi connectivity index (χ2n) is 9.67. The van der Waals surface area contributed by atoms with Crippen LogP contribution in [0.1, 0.15) is 39.1 Å². The Morgan fingerprint density at radius 3 is 2.28 bits per heavy atom. The first-order valence-corrected chi connectivity index (χ1v) is 14.2. The highest BCUT2D eigenvalue weighted by Crippen LogP contribution is 2.36. The van der Waals surface area contributed by atoms with E-state index in [1.165, 1.54) is 4.57 Å². The summed E-state index contributed by atoms with van der Waals surface area (Å²) in [6.07, 6.45) is 0.663. The number of aromatic nitrogens is 4. The van der Waals surface area contributed by atoms with Crippen molar-refractivity contribution < 1.29 is 4.43 Å². The molecule has 3 aromatic rings. The Balaban J connectivity index is 2.09. The van der Waals surface area contributed by atoms with Gasteiger partial charge in [0.25, 0.3) is 5.56 Å². The molecule has 0 atom stereocenters. The molecule has 32 heavy (non-hydrogen) atoms. The summed E-state index contributed by atoms with van der Waals surface area (Å²) in [6.45, 7) is 13.8. The quantitative estimate of drug-likeness (QED) is 0.479. The van der Waals surface area contributed by atoms with Crippen LogP contribution in [0.15, 0.2) is 33.9 Å². The van der Waals surface area contributed by atoms with Crippen molar-refractivity contribution in [2.24, 2.45) is 7.05 Å². The van der Waals surface area contributed by atoms with Gasteiger partial charge >= 0.3 is 5.69 Å². The predicted molar refractivity (Wildman–Crippen MR) is 132 cm³/mol. The third-order valence-corrected chi connectivity index (χ3v) is 11.3. The topological polar surface area (TPSA) is 71.1 Å². The molecule has 0 unspecified atom stereocenters. The van der Waals surface area contributed by atoms with Crippen molar-refractivity contribution in [2.75, 3.05) is 6.61 Å². The van der Waals surface area contributed by atoms with Gasteiger partial charge in [0.05, 0.1) is 19.7 Å². The van der Waals surface area contributed by atoms with Gasteiger partial charge in [-0.1, -0.05) is 51.4 Å². The molecule has 0 aliphatic carbocycles. The SMILES string of the molecule is CCc1nc2c(c(=O)n(Cc3ccc(Cl)cc3)c(=O)n2CCO[Si](C)(C)C(C)(C)C)n1C. The molecule has 0 bridgehead atoms. The van der Waals surface area contributed by atoms with Crippen molar-refractivity contribution in [3.63, 3.8) is 0 Å². The van der Waals surface area contributed by atoms with Crippen LogP contribution in [0.5, 0.6) is 0 Å². The predicted octanol–water partition coefficient (Wildman–Crippen LogP) is 4.18. The lowest BCUT2D eigenvalue weighted by atomic mass is 10.2. The molecule has 0 radical (unpaired) electrons. The van der Waals surface area contributed by atoms with Crippen molar-refractivity contribution in [2.45, 2.75) is 65.3 Å². The number of hydrogen-bond donors (Lipinski definition) is 0. The van der Waals surface area contributed by atoms with Crippen molar-refractivity contribution in [3.8, 4) is 0 Å². The van der Waals surface area contributed by atoms with E-state index in [0.29, 0.717) is 35.8 Å². The van der Waals surface area contributed by atoms with Crippen molar-refractivity contribution >= 4 is 31.1 Å². The summed E-state index contributed by atoms with van der Waals surface area (Å²) >= 11 is 5.99.